The minimum Gasteiger partial charge on any atom is -0.481 e. The maximum atomic E-state index is 9.87. The minimum atomic E-state index is -0.682. The van der Waals surface area contributed by atoms with Crippen LogP contribution in [0, 0.1) is 0 Å². The average molecular weight is 141 g/mol. The fourth-order valence-corrected chi connectivity index (χ4v) is 0.526. The summed E-state index contributed by atoms with van der Waals surface area (Å²) in [5.41, 5.74) is 0. The molecule has 1 radical (unpaired) electrons. The first kappa shape index (κ1) is 12.2. The molecular formula is C6H12NaO2. The Bertz CT molecular complexity index is 73.5. The van der Waals surface area contributed by atoms with Crippen LogP contribution in [0.1, 0.15) is 32.6 Å². The van der Waals surface area contributed by atoms with Crippen LogP contribution < -0.4 is 0 Å². The topological polar surface area (TPSA) is 37.3 Å². The number of carboxylic acid groups (broad SMARTS) is 1. The van der Waals surface area contributed by atoms with Gasteiger partial charge < -0.3 is 5.11 Å². The molecule has 0 bridgehead atoms. The average Bonchev–Trinajstić information content (AvgIpc) is 1.66. The zero-order valence-corrected chi connectivity index (χ0v) is 8.18. The summed E-state index contributed by atoms with van der Waals surface area (Å²) in [7, 11) is 0. The van der Waals surface area contributed by atoms with Gasteiger partial charge in [0.25, 0.3) is 0 Å². The van der Waals surface area contributed by atoms with Crippen LogP contribution in [0.4, 0.5) is 0 Å². The fourth-order valence-electron chi connectivity index (χ4n) is 0.526. The first-order valence-electron chi connectivity index (χ1n) is 2.99. The number of aliphatic carboxylic acids is 1. The SMILES string of the molecule is CCCCC[14C](=O)O.[Na]. The first-order valence-corrected chi connectivity index (χ1v) is 2.99. The van der Waals surface area contributed by atoms with Crippen LogP contribution in [0.2, 0.25) is 0 Å². The monoisotopic (exact) mass is 141 g/mol. The Morgan fingerprint density at radius 2 is 2.00 bits per heavy atom. The molecule has 49 valence electrons. The number of carboxylic acids is 1. The van der Waals surface area contributed by atoms with Gasteiger partial charge in [0, 0.05) is 36.0 Å². The van der Waals surface area contributed by atoms with E-state index in [0.29, 0.717) is 6.42 Å². The van der Waals surface area contributed by atoms with E-state index in [9.17, 15) is 4.79 Å². The number of hydrogen-bond acceptors (Lipinski definition) is 1. The molecule has 0 aliphatic rings. The molecule has 9 heavy (non-hydrogen) atoms. The van der Waals surface area contributed by atoms with Gasteiger partial charge in [-0.05, 0) is 6.42 Å². The Hall–Kier alpha value is 0.470. The predicted molar refractivity (Wildman–Crippen MR) is 37.5 cm³/mol. The van der Waals surface area contributed by atoms with E-state index in [2.05, 4.69) is 6.92 Å². The quantitative estimate of drug-likeness (QED) is 0.473. The zero-order chi connectivity index (χ0) is 6.41. The maximum Gasteiger partial charge on any atom is 0.303 e. The van der Waals surface area contributed by atoms with E-state index in [1.807, 2.05) is 0 Å². The van der Waals surface area contributed by atoms with Crippen LogP contribution in [0.25, 0.3) is 0 Å². The van der Waals surface area contributed by atoms with E-state index in [1.165, 1.54) is 0 Å². The summed E-state index contributed by atoms with van der Waals surface area (Å²) >= 11 is 0. The van der Waals surface area contributed by atoms with Gasteiger partial charge in [0.1, 0.15) is 0 Å². The maximum absolute atomic E-state index is 9.87. The summed E-state index contributed by atoms with van der Waals surface area (Å²) in [5.74, 6) is -0.682. The van der Waals surface area contributed by atoms with E-state index in [1.54, 1.807) is 0 Å². The second-order valence-electron chi connectivity index (χ2n) is 1.85. The van der Waals surface area contributed by atoms with Gasteiger partial charge in [-0.1, -0.05) is 19.8 Å². The standard InChI is InChI=1S/C6H12O2.Na/c1-2-3-4-5-6(7)8;/h2-5H2,1H3,(H,7,8);/i6+2;. The van der Waals surface area contributed by atoms with Crippen molar-refractivity contribution in [1.82, 2.24) is 0 Å². The third kappa shape index (κ3) is 11.8. The van der Waals surface area contributed by atoms with Crippen LogP contribution in [-0.2, 0) is 4.79 Å². The largest absolute Gasteiger partial charge is 0.481 e. The third-order valence-electron chi connectivity index (χ3n) is 0.994. The molecule has 0 saturated carbocycles. The molecule has 0 amide bonds. The molecular weight excluding hydrogens is 129 g/mol. The Labute approximate surface area is 77.9 Å². The number of hydrogen-bond donors (Lipinski definition) is 1. The number of carbonyl (C=O) groups is 1. The Kier molecular flexibility index (Phi) is 11.5. The van der Waals surface area contributed by atoms with Crippen molar-refractivity contribution in [1.29, 1.82) is 0 Å². The van der Waals surface area contributed by atoms with Crippen molar-refractivity contribution < 1.29 is 9.90 Å². The molecule has 0 aromatic carbocycles. The molecule has 0 fully saturated rings. The van der Waals surface area contributed by atoms with Gasteiger partial charge in [0.15, 0.2) is 0 Å². The Balaban J connectivity index is 0. The molecule has 0 heterocycles. The summed E-state index contributed by atoms with van der Waals surface area (Å²) in [6.07, 6.45) is 3.28. The van der Waals surface area contributed by atoms with Crippen molar-refractivity contribution >= 4 is 35.5 Å². The molecule has 2 nitrogen and oxygen atoms in total. The second-order valence-corrected chi connectivity index (χ2v) is 1.85. The molecule has 0 spiro atoms. The summed E-state index contributed by atoms with van der Waals surface area (Å²) in [5, 5.41) is 8.14. The van der Waals surface area contributed by atoms with Crippen molar-refractivity contribution in [2.24, 2.45) is 0 Å². The fraction of sp³-hybridized carbons (Fsp3) is 0.833. The first-order chi connectivity index (χ1) is 3.77. The van der Waals surface area contributed by atoms with Gasteiger partial charge >= 0.3 is 5.97 Å². The second kappa shape index (κ2) is 8.47. The molecule has 0 unspecified atom stereocenters. The van der Waals surface area contributed by atoms with Crippen LogP contribution >= 0.6 is 0 Å². The summed E-state index contributed by atoms with van der Waals surface area (Å²) in [4.78, 5) is 9.87. The summed E-state index contributed by atoms with van der Waals surface area (Å²) in [6, 6.07) is 0. The van der Waals surface area contributed by atoms with E-state index in [0.717, 1.165) is 19.3 Å². The summed E-state index contributed by atoms with van der Waals surface area (Å²) < 4.78 is 0. The number of rotatable bonds is 4. The van der Waals surface area contributed by atoms with Crippen LogP contribution in [0.15, 0.2) is 0 Å². The van der Waals surface area contributed by atoms with Gasteiger partial charge in [0.05, 0.1) is 0 Å². The molecule has 0 aromatic rings. The van der Waals surface area contributed by atoms with Gasteiger partial charge in [0.2, 0.25) is 0 Å². The molecule has 1 N–H and O–H groups in total. The third-order valence-corrected chi connectivity index (χ3v) is 0.994. The van der Waals surface area contributed by atoms with E-state index in [-0.39, 0.29) is 29.6 Å². The molecule has 0 saturated heterocycles. The van der Waals surface area contributed by atoms with Crippen LogP contribution in [-0.4, -0.2) is 40.6 Å². The van der Waals surface area contributed by atoms with Crippen molar-refractivity contribution in [2.75, 3.05) is 0 Å². The summed E-state index contributed by atoms with van der Waals surface area (Å²) in [6.45, 7) is 2.06. The predicted octanol–water partition coefficient (Wildman–Crippen LogP) is 1.27. The Morgan fingerprint density at radius 1 is 1.44 bits per heavy atom. The van der Waals surface area contributed by atoms with Gasteiger partial charge in [-0.15, -0.1) is 0 Å². The van der Waals surface area contributed by atoms with Crippen molar-refractivity contribution in [2.45, 2.75) is 32.6 Å². The van der Waals surface area contributed by atoms with Crippen LogP contribution in [0.3, 0.4) is 0 Å². The van der Waals surface area contributed by atoms with E-state index in [4.69, 9.17) is 5.11 Å². The normalized spacial score (nSPS) is 8.11. The number of unbranched alkanes of at least 4 members (excludes halogenated alkanes) is 2. The smallest absolute Gasteiger partial charge is 0.303 e. The Morgan fingerprint density at radius 3 is 2.33 bits per heavy atom. The van der Waals surface area contributed by atoms with E-state index < -0.39 is 5.97 Å². The molecule has 0 aliphatic heterocycles. The molecule has 0 atom stereocenters. The van der Waals surface area contributed by atoms with Crippen molar-refractivity contribution in [3.63, 3.8) is 0 Å². The molecule has 0 aromatic heterocycles. The van der Waals surface area contributed by atoms with E-state index >= 15 is 0 Å². The molecule has 0 rings (SSSR count). The van der Waals surface area contributed by atoms with Crippen LogP contribution in [0.5, 0.6) is 0 Å². The van der Waals surface area contributed by atoms with Gasteiger partial charge in [-0.3, -0.25) is 4.79 Å². The van der Waals surface area contributed by atoms with Gasteiger partial charge in [-0.2, -0.15) is 0 Å². The zero-order valence-electron chi connectivity index (χ0n) is 6.18. The molecule has 0 aliphatic carbocycles. The van der Waals surface area contributed by atoms with Crippen molar-refractivity contribution in [3.8, 4) is 0 Å². The minimum absolute atomic E-state index is 0. The van der Waals surface area contributed by atoms with Gasteiger partial charge in [-0.25, -0.2) is 0 Å². The molecule has 3 heteroatoms. The van der Waals surface area contributed by atoms with Crippen molar-refractivity contribution in [3.05, 3.63) is 0 Å².